The molecule has 0 saturated heterocycles. The van der Waals surface area contributed by atoms with Crippen LogP contribution in [0.5, 0.6) is 0 Å². The van der Waals surface area contributed by atoms with E-state index in [0.29, 0.717) is 6.42 Å². The average molecular weight is 181 g/mol. The maximum Gasteiger partial charge on any atom is 0.255 e. The molecule has 0 heterocycles. The van der Waals surface area contributed by atoms with Crippen molar-refractivity contribution in [3.8, 4) is 0 Å². The van der Waals surface area contributed by atoms with Gasteiger partial charge in [0.2, 0.25) is 5.91 Å². The Balaban J connectivity index is 3.34. The highest BCUT2D eigenvalue weighted by atomic mass is 19.3. The van der Waals surface area contributed by atoms with Crippen LogP contribution in [0.2, 0.25) is 0 Å². The third-order valence-corrected chi connectivity index (χ3v) is 1.24. The number of nitrogens with one attached hydrogen (secondary N) is 1. The predicted octanol–water partition coefficient (Wildman–Crippen LogP) is 0.529. The molecule has 1 unspecified atom stereocenters. The summed E-state index contributed by atoms with van der Waals surface area (Å²) in [6.45, 7) is 0.930. The van der Waals surface area contributed by atoms with Crippen molar-refractivity contribution in [1.29, 1.82) is 0 Å². The molecule has 12 heavy (non-hydrogen) atoms. The molecule has 0 aromatic heterocycles. The number of alkyl halides is 2. The van der Waals surface area contributed by atoms with Gasteiger partial charge < -0.3 is 10.4 Å². The van der Waals surface area contributed by atoms with E-state index < -0.39 is 25.0 Å². The van der Waals surface area contributed by atoms with Gasteiger partial charge >= 0.3 is 0 Å². The third kappa shape index (κ3) is 7.40. The summed E-state index contributed by atoms with van der Waals surface area (Å²) < 4.78 is 23.1. The van der Waals surface area contributed by atoms with E-state index in [9.17, 15) is 13.6 Å². The SMILES string of the molecule is CC(O)CCC(=O)NCC(F)F. The second-order valence-electron chi connectivity index (χ2n) is 2.58. The van der Waals surface area contributed by atoms with E-state index in [1.807, 2.05) is 5.32 Å². The van der Waals surface area contributed by atoms with Crippen LogP contribution in [0, 0.1) is 0 Å². The Morgan fingerprint density at radius 1 is 1.58 bits per heavy atom. The van der Waals surface area contributed by atoms with Gasteiger partial charge in [-0.25, -0.2) is 8.78 Å². The van der Waals surface area contributed by atoms with E-state index in [-0.39, 0.29) is 6.42 Å². The molecule has 1 atom stereocenters. The second kappa shape index (κ2) is 5.88. The van der Waals surface area contributed by atoms with Gasteiger partial charge in [0.05, 0.1) is 12.6 Å². The molecule has 0 aromatic rings. The lowest BCUT2D eigenvalue weighted by Crippen LogP contribution is -2.28. The molecule has 0 aliphatic heterocycles. The molecule has 0 bridgehead atoms. The predicted molar refractivity (Wildman–Crippen MR) is 39.9 cm³/mol. The van der Waals surface area contributed by atoms with E-state index in [1.54, 1.807) is 6.92 Å². The van der Waals surface area contributed by atoms with E-state index >= 15 is 0 Å². The van der Waals surface area contributed by atoms with Gasteiger partial charge in [-0.15, -0.1) is 0 Å². The quantitative estimate of drug-likeness (QED) is 0.650. The zero-order chi connectivity index (χ0) is 9.56. The zero-order valence-electron chi connectivity index (χ0n) is 6.89. The molecular formula is C7H13F2NO2. The maximum atomic E-state index is 11.5. The van der Waals surface area contributed by atoms with Crippen LogP contribution in [0.25, 0.3) is 0 Å². The molecule has 0 aromatic carbocycles. The molecule has 0 rings (SSSR count). The van der Waals surface area contributed by atoms with Gasteiger partial charge in [-0.1, -0.05) is 0 Å². The number of hydrogen-bond acceptors (Lipinski definition) is 2. The molecule has 0 fully saturated rings. The number of amides is 1. The van der Waals surface area contributed by atoms with Crippen LogP contribution in [-0.4, -0.2) is 30.1 Å². The van der Waals surface area contributed by atoms with Crippen molar-refractivity contribution in [2.24, 2.45) is 0 Å². The first-order valence-electron chi connectivity index (χ1n) is 3.75. The second-order valence-corrected chi connectivity index (χ2v) is 2.58. The lowest BCUT2D eigenvalue weighted by Gasteiger charge is -2.05. The Morgan fingerprint density at radius 2 is 2.17 bits per heavy atom. The highest BCUT2D eigenvalue weighted by molar-refractivity contribution is 5.75. The molecule has 1 amide bonds. The van der Waals surface area contributed by atoms with Crippen LogP contribution in [0.15, 0.2) is 0 Å². The van der Waals surface area contributed by atoms with Crippen molar-refractivity contribution < 1.29 is 18.7 Å². The average Bonchev–Trinajstić information content (AvgIpc) is 1.96. The molecule has 0 spiro atoms. The molecule has 72 valence electrons. The fraction of sp³-hybridized carbons (Fsp3) is 0.857. The molecule has 3 nitrogen and oxygen atoms in total. The van der Waals surface area contributed by atoms with Crippen LogP contribution in [0.4, 0.5) is 8.78 Å². The van der Waals surface area contributed by atoms with Crippen LogP contribution in [0.3, 0.4) is 0 Å². The van der Waals surface area contributed by atoms with Gasteiger partial charge in [-0.05, 0) is 13.3 Å². The zero-order valence-corrected chi connectivity index (χ0v) is 6.89. The number of aliphatic hydroxyl groups is 1. The molecular weight excluding hydrogens is 168 g/mol. The summed E-state index contributed by atoms with van der Waals surface area (Å²) >= 11 is 0. The van der Waals surface area contributed by atoms with Crippen molar-refractivity contribution in [2.75, 3.05) is 6.54 Å². The Morgan fingerprint density at radius 3 is 2.58 bits per heavy atom. The summed E-state index contributed by atoms with van der Waals surface area (Å²) in [7, 11) is 0. The van der Waals surface area contributed by atoms with Gasteiger partial charge in [0.25, 0.3) is 6.43 Å². The maximum absolute atomic E-state index is 11.5. The normalized spacial score (nSPS) is 13.1. The molecule has 0 radical (unpaired) electrons. The smallest absolute Gasteiger partial charge is 0.255 e. The first-order chi connectivity index (χ1) is 5.52. The van der Waals surface area contributed by atoms with Crippen LogP contribution >= 0.6 is 0 Å². The highest BCUT2D eigenvalue weighted by Gasteiger charge is 2.06. The molecule has 0 saturated carbocycles. The Hall–Kier alpha value is -0.710. The minimum atomic E-state index is -2.51. The Bertz CT molecular complexity index is 125. The largest absolute Gasteiger partial charge is 0.393 e. The topological polar surface area (TPSA) is 49.3 Å². The van der Waals surface area contributed by atoms with E-state index in [0.717, 1.165) is 0 Å². The van der Waals surface area contributed by atoms with Crippen molar-refractivity contribution in [1.82, 2.24) is 5.32 Å². The van der Waals surface area contributed by atoms with Crippen molar-refractivity contribution in [2.45, 2.75) is 32.3 Å². The summed E-state index contributed by atoms with van der Waals surface area (Å²) in [4.78, 5) is 10.7. The fourth-order valence-corrected chi connectivity index (χ4v) is 0.619. The van der Waals surface area contributed by atoms with Crippen LogP contribution < -0.4 is 5.32 Å². The molecule has 0 aliphatic rings. The summed E-state index contributed by atoms with van der Waals surface area (Å²) in [5.41, 5.74) is 0. The minimum Gasteiger partial charge on any atom is -0.393 e. The number of aliphatic hydroxyl groups excluding tert-OH is 1. The van der Waals surface area contributed by atoms with Crippen molar-refractivity contribution in [3.63, 3.8) is 0 Å². The summed E-state index contributed by atoms with van der Waals surface area (Å²) in [6.07, 6.45) is -2.69. The molecule has 0 aliphatic carbocycles. The molecule has 5 heteroatoms. The van der Waals surface area contributed by atoms with E-state index in [4.69, 9.17) is 5.11 Å². The highest BCUT2D eigenvalue weighted by Crippen LogP contribution is 1.95. The summed E-state index contributed by atoms with van der Waals surface area (Å²) in [5.74, 6) is -0.448. The number of rotatable bonds is 5. The first kappa shape index (κ1) is 11.3. The van der Waals surface area contributed by atoms with Gasteiger partial charge in [-0.3, -0.25) is 4.79 Å². The number of halogens is 2. The van der Waals surface area contributed by atoms with Gasteiger partial charge in [-0.2, -0.15) is 0 Å². The lowest BCUT2D eigenvalue weighted by molar-refractivity contribution is -0.122. The number of carbonyl (C=O) groups is 1. The van der Waals surface area contributed by atoms with E-state index in [1.165, 1.54) is 0 Å². The van der Waals surface area contributed by atoms with Crippen LogP contribution in [0.1, 0.15) is 19.8 Å². The van der Waals surface area contributed by atoms with Gasteiger partial charge in [0.1, 0.15) is 0 Å². The van der Waals surface area contributed by atoms with Gasteiger partial charge in [0, 0.05) is 6.42 Å². The Labute approximate surface area is 69.8 Å². The van der Waals surface area contributed by atoms with Crippen LogP contribution in [-0.2, 0) is 4.79 Å². The van der Waals surface area contributed by atoms with Crippen molar-refractivity contribution in [3.05, 3.63) is 0 Å². The summed E-state index contributed by atoms with van der Waals surface area (Å²) in [6, 6.07) is 0. The standard InChI is InChI=1S/C7H13F2NO2/c1-5(11)2-3-7(12)10-4-6(8)9/h5-6,11H,2-4H2,1H3,(H,10,12). The lowest BCUT2D eigenvalue weighted by atomic mass is 10.2. The monoisotopic (exact) mass is 181 g/mol. The van der Waals surface area contributed by atoms with Gasteiger partial charge in [0.15, 0.2) is 0 Å². The van der Waals surface area contributed by atoms with Crippen molar-refractivity contribution >= 4 is 5.91 Å². The first-order valence-corrected chi connectivity index (χ1v) is 3.75. The fourth-order valence-electron chi connectivity index (χ4n) is 0.619. The minimum absolute atomic E-state index is 0.0877. The number of hydrogen-bond donors (Lipinski definition) is 2. The Kier molecular flexibility index (Phi) is 5.53. The molecule has 2 N–H and O–H groups in total. The third-order valence-electron chi connectivity index (χ3n) is 1.24. The van der Waals surface area contributed by atoms with E-state index in [2.05, 4.69) is 0 Å². The number of carbonyl (C=O) groups excluding carboxylic acids is 1. The summed E-state index contributed by atoms with van der Waals surface area (Å²) in [5, 5.41) is 10.8.